The van der Waals surface area contributed by atoms with Crippen LogP contribution < -0.4 is 4.74 Å². The highest BCUT2D eigenvalue weighted by atomic mass is 35.5. The summed E-state index contributed by atoms with van der Waals surface area (Å²) in [5.41, 5.74) is 3.44. The van der Waals surface area contributed by atoms with E-state index in [9.17, 15) is 4.79 Å². The van der Waals surface area contributed by atoms with Gasteiger partial charge >= 0.3 is 0 Å². The molecule has 0 fully saturated rings. The highest BCUT2D eigenvalue weighted by molar-refractivity contribution is 6.30. The molecule has 25 heavy (non-hydrogen) atoms. The van der Waals surface area contributed by atoms with E-state index in [0.717, 1.165) is 23.1 Å². The lowest BCUT2D eigenvalue weighted by molar-refractivity contribution is -0.135. The number of hydrogen-bond donors (Lipinski definition) is 1. The second kappa shape index (κ2) is 6.11. The van der Waals surface area contributed by atoms with Crippen molar-refractivity contribution in [2.24, 2.45) is 0 Å². The van der Waals surface area contributed by atoms with E-state index in [1.807, 2.05) is 30.0 Å². The van der Waals surface area contributed by atoms with Crippen LogP contribution in [-0.2, 0) is 17.8 Å². The maximum atomic E-state index is 12.9. The molecule has 1 N–H and O–H groups in total. The highest BCUT2D eigenvalue weighted by Crippen LogP contribution is 2.31. The molecule has 2 aromatic heterocycles. The Hall–Kier alpha value is -2.47. The number of aromatic amines is 1. The van der Waals surface area contributed by atoms with Crippen LogP contribution in [0.25, 0.3) is 10.9 Å². The van der Waals surface area contributed by atoms with Gasteiger partial charge in [-0.1, -0.05) is 11.6 Å². The van der Waals surface area contributed by atoms with E-state index in [1.54, 1.807) is 24.2 Å². The molecule has 0 saturated heterocycles. The number of ether oxygens (including phenoxy) is 1. The first-order valence-corrected chi connectivity index (χ1v) is 8.60. The lowest BCUT2D eigenvalue weighted by Gasteiger charge is -2.29. The van der Waals surface area contributed by atoms with Crippen molar-refractivity contribution in [2.45, 2.75) is 25.9 Å². The summed E-state index contributed by atoms with van der Waals surface area (Å²) < 4.78 is 6.95. The van der Waals surface area contributed by atoms with Gasteiger partial charge in [0.05, 0.1) is 18.3 Å². The summed E-state index contributed by atoms with van der Waals surface area (Å²) in [6, 6.07) is 5.60. The summed E-state index contributed by atoms with van der Waals surface area (Å²) in [7, 11) is 1.66. The Bertz CT molecular complexity index is 946. The molecule has 4 rings (SSSR count). The Labute approximate surface area is 150 Å². The molecule has 1 aromatic carbocycles. The number of aromatic nitrogens is 3. The molecule has 0 aliphatic carbocycles. The molecule has 0 radical (unpaired) electrons. The van der Waals surface area contributed by atoms with Gasteiger partial charge in [0.1, 0.15) is 11.8 Å². The van der Waals surface area contributed by atoms with E-state index < -0.39 is 0 Å². The summed E-state index contributed by atoms with van der Waals surface area (Å²) in [5.74, 6) is 0.861. The largest absolute Gasteiger partial charge is 0.497 e. The first-order chi connectivity index (χ1) is 12.1. The number of carbonyl (C=O) groups excluding carboxylic acids is 1. The molecule has 6 nitrogen and oxygen atoms in total. The fourth-order valence-corrected chi connectivity index (χ4v) is 3.56. The molecule has 0 saturated carbocycles. The van der Waals surface area contributed by atoms with Crippen molar-refractivity contribution in [3.05, 3.63) is 46.9 Å². The first kappa shape index (κ1) is 16.0. The average molecular weight is 359 g/mol. The van der Waals surface area contributed by atoms with E-state index in [4.69, 9.17) is 16.3 Å². The third kappa shape index (κ3) is 2.76. The van der Waals surface area contributed by atoms with E-state index in [-0.39, 0.29) is 11.9 Å². The summed E-state index contributed by atoms with van der Waals surface area (Å²) in [6.45, 7) is 3.12. The van der Waals surface area contributed by atoms with Gasteiger partial charge in [-0.25, -0.2) is 0 Å². The molecule has 1 atom stereocenters. The van der Waals surface area contributed by atoms with Gasteiger partial charge in [0.15, 0.2) is 0 Å². The predicted molar refractivity (Wildman–Crippen MR) is 95.9 cm³/mol. The maximum Gasteiger partial charge on any atom is 0.247 e. The number of H-pyrrole nitrogens is 1. The quantitative estimate of drug-likeness (QED) is 0.782. The lowest BCUT2D eigenvalue weighted by atomic mass is 10.0. The van der Waals surface area contributed by atoms with Gasteiger partial charge in [-0.3, -0.25) is 9.48 Å². The number of amides is 1. The van der Waals surface area contributed by atoms with Gasteiger partial charge < -0.3 is 14.6 Å². The van der Waals surface area contributed by atoms with Crippen molar-refractivity contribution in [2.75, 3.05) is 13.7 Å². The molecule has 1 aliphatic heterocycles. The number of nitrogens with zero attached hydrogens (tertiary/aromatic N) is 3. The van der Waals surface area contributed by atoms with Crippen molar-refractivity contribution >= 4 is 28.4 Å². The van der Waals surface area contributed by atoms with Crippen LogP contribution in [0.2, 0.25) is 5.02 Å². The van der Waals surface area contributed by atoms with E-state index in [1.165, 1.54) is 11.3 Å². The second-order valence-electron chi connectivity index (χ2n) is 6.32. The minimum atomic E-state index is -0.381. The molecule has 7 heteroatoms. The normalized spacial score (nSPS) is 15.2. The summed E-state index contributed by atoms with van der Waals surface area (Å²) >= 11 is 5.92. The molecular weight excluding hydrogens is 340 g/mol. The fraction of sp³-hybridized carbons (Fsp3) is 0.333. The van der Waals surface area contributed by atoms with Gasteiger partial charge in [0.2, 0.25) is 5.91 Å². The summed E-state index contributed by atoms with van der Waals surface area (Å²) in [6.07, 6.45) is 4.03. The van der Waals surface area contributed by atoms with Crippen molar-refractivity contribution in [1.29, 1.82) is 0 Å². The smallest absolute Gasteiger partial charge is 0.247 e. The number of carbonyl (C=O) groups is 1. The van der Waals surface area contributed by atoms with Crippen LogP contribution >= 0.6 is 11.6 Å². The zero-order chi connectivity index (χ0) is 17.6. The van der Waals surface area contributed by atoms with Crippen LogP contribution in [0.5, 0.6) is 5.75 Å². The zero-order valence-electron chi connectivity index (χ0n) is 14.1. The highest BCUT2D eigenvalue weighted by Gasteiger charge is 2.28. The Morgan fingerprint density at radius 1 is 1.44 bits per heavy atom. The number of fused-ring (bicyclic) bond motifs is 3. The van der Waals surface area contributed by atoms with Gasteiger partial charge in [0.25, 0.3) is 0 Å². The number of hydrogen-bond acceptors (Lipinski definition) is 3. The van der Waals surface area contributed by atoms with Crippen molar-refractivity contribution < 1.29 is 9.53 Å². The van der Waals surface area contributed by atoms with Crippen LogP contribution in [0.1, 0.15) is 24.2 Å². The third-order valence-electron chi connectivity index (χ3n) is 4.82. The number of methoxy groups -OCH3 is 1. The molecule has 130 valence electrons. The Kier molecular flexibility index (Phi) is 3.92. The van der Waals surface area contributed by atoms with E-state index in [0.29, 0.717) is 18.1 Å². The zero-order valence-corrected chi connectivity index (χ0v) is 14.9. The fourth-order valence-electron chi connectivity index (χ4n) is 3.41. The van der Waals surface area contributed by atoms with Crippen LogP contribution in [0.3, 0.4) is 0 Å². The van der Waals surface area contributed by atoms with Gasteiger partial charge in [-0.05, 0) is 25.1 Å². The van der Waals surface area contributed by atoms with E-state index >= 15 is 0 Å². The topological polar surface area (TPSA) is 63.1 Å². The number of benzene rings is 1. The Morgan fingerprint density at radius 3 is 3.00 bits per heavy atom. The first-order valence-electron chi connectivity index (χ1n) is 8.22. The Balaban J connectivity index is 1.62. The molecule has 0 unspecified atom stereocenters. The van der Waals surface area contributed by atoms with Gasteiger partial charge in [-0.15, -0.1) is 0 Å². The molecule has 1 aliphatic rings. The maximum absolute atomic E-state index is 12.9. The average Bonchev–Trinajstić information content (AvgIpc) is 3.22. The van der Waals surface area contributed by atoms with Crippen molar-refractivity contribution in [1.82, 2.24) is 19.7 Å². The standard InChI is InChI=1S/C18H19ClN4O2/c1-11(23-9-12(19)8-20-23)18(24)22-6-5-17-15(10-22)14-7-13(25-2)3-4-16(14)21-17/h3-4,7-9,11,21H,5-6,10H2,1-2H3/t11-/m0/s1. The third-order valence-corrected chi connectivity index (χ3v) is 5.01. The predicted octanol–water partition coefficient (Wildman–Crippen LogP) is 3.17. The molecule has 3 heterocycles. The monoisotopic (exact) mass is 358 g/mol. The molecule has 0 bridgehead atoms. The second-order valence-corrected chi connectivity index (χ2v) is 6.75. The number of rotatable bonds is 3. The van der Waals surface area contributed by atoms with Crippen LogP contribution in [0.15, 0.2) is 30.6 Å². The summed E-state index contributed by atoms with van der Waals surface area (Å²) in [5, 5.41) is 5.80. The molecule has 0 spiro atoms. The molecular formula is C18H19ClN4O2. The van der Waals surface area contributed by atoms with Crippen LogP contribution in [0, 0.1) is 0 Å². The van der Waals surface area contributed by atoms with Crippen molar-refractivity contribution in [3.8, 4) is 5.75 Å². The minimum Gasteiger partial charge on any atom is -0.497 e. The molecule has 1 amide bonds. The van der Waals surface area contributed by atoms with E-state index in [2.05, 4.69) is 10.1 Å². The summed E-state index contributed by atoms with van der Waals surface area (Å²) in [4.78, 5) is 18.2. The number of nitrogens with one attached hydrogen (secondary N) is 1. The lowest BCUT2D eigenvalue weighted by Crippen LogP contribution is -2.39. The van der Waals surface area contributed by atoms with Crippen LogP contribution in [-0.4, -0.2) is 39.2 Å². The SMILES string of the molecule is COc1ccc2[nH]c3c(c2c1)CN(C(=O)[C@H](C)n1cc(Cl)cn1)CC3. The minimum absolute atomic E-state index is 0.0441. The van der Waals surface area contributed by atoms with Crippen molar-refractivity contribution in [3.63, 3.8) is 0 Å². The van der Waals surface area contributed by atoms with Crippen LogP contribution in [0.4, 0.5) is 0 Å². The molecule has 3 aromatic rings. The number of halogens is 1. The van der Waals surface area contributed by atoms with Gasteiger partial charge in [-0.2, -0.15) is 5.10 Å². The van der Waals surface area contributed by atoms with Gasteiger partial charge in [0, 0.05) is 47.9 Å². The Morgan fingerprint density at radius 2 is 2.28 bits per heavy atom.